The van der Waals surface area contributed by atoms with Gasteiger partial charge >= 0.3 is 0 Å². The van der Waals surface area contributed by atoms with Crippen LogP contribution in [-0.4, -0.2) is 16.5 Å². The molecule has 1 aromatic rings. The SMILES string of the molecule is NNc1nccc(NCCC2CCCC2)n1. The third-order valence-electron chi connectivity index (χ3n) is 3.12. The van der Waals surface area contributed by atoms with Crippen LogP contribution in [0.5, 0.6) is 0 Å². The molecular formula is C11H19N5. The molecule has 1 saturated carbocycles. The molecule has 5 heteroatoms. The normalized spacial score (nSPS) is 16.3. The summed E-state index contributed by atoms with van der Waals surface area (Å²) in [5, 5.41) is 3.30. The second-order valence-electron chi connectivity index (χ2n) is 4.28. The number of hydrogen-bond acceptors (Lipinski definition) is 5. The maximum Gasteiger partial charge on any atom is 0.239 e. The number of nitrogens with zero attached hydrogens (tertiary/aromatic N) is 2. The minimum Gasteiger partial charge on any atom is -0.370 e. The first-order valence-corrected chi connectivity index (χ1v) is 5.92. The average Bonchev–Trinajstić information content (AvgIpc) is 2.82. The lowest BCUT2D eigenvalue weighted by atomic mass is 10.0. The van der Waals surface area contributed by atoms with Gasteiger partial charge in [-0.05, 0) is 18.4 Å². The van der Waals surface area contributed by atoms with Gasteiger partial charge in [0.2, 0.25) is 5.95 Å². The minimum atomic E-state index is 0.450. The molecule has 0 spiro atoms. The predicted molar refractivity (Wildman–Crippen MR) is 64.9 cm³/mol. The van der Waals surface area contributed by atoms with Crippen LogP contribution in [0.3, 0.4) is 0 Å². The fourth-order valence-corrected chi connectivity index (χ4v) is 2.23. The Kier molecular flexibility index (Phi) is 3.93. The molecular weight excluding hydrogens is 202 g/mol. The quantitative estimate of drug-likeness (QED) is 0.521. The smallest absolute Gasteiger partial charge is 0.239 e. The van der Waals surface area contributed by atoms with E-state index in [1.54, 1.807) is 6.20 Å². The van der Waals surface area contributed by atoms with Crippen molar-refractivity contribution in [3.8, 4) is 0 Å². The molecule has 0 bridgehead atoms. The first kappa shape index (κ1) is 11.1. The van der Waals surface area contributed by atoms with Crippen LogP contribution in [0.15, 0.2) is 12.3 Å². The van der Waals surface area contributed by atoms with Gasteiger partial charge < -0.3 is 5.32 Å². The van der Waals surface area contributed by atoms with Gasteiger partial charge in [-0.1, -0.05) is 25.7 Å². The molecule has 1 heterocycles. The third kappa shape index (κ3) is 3.06. The molecule has 4 N–H and O–H groups in total. The molecule has 0 aromatic carbocycles. The zero-order valence-corrected chi connectivity index (χ0v) is 9.45. The molecule has 1 fully saturated rings. The maximum atomic E-state index is 5.24. The molecule has 88 valence electrons. The summed E-state index contributed by atoms with van der Waals surface area (Å²) in [6.07, 6.45) is 8.51. The van der Waals surface area contributed by atoms with Gasteiger partial charge in [0.15, 0.2) is 0 Å². The Morgan fingerprint density at radius 2 is 2.19 bits per heavy atom. The fraction of sp³-hybridized carbons (Fsp3) is 0.636. The van der Waals surface area contributed by atoms with E-state index in [0.29, 0.717) is 5.95 Å². The first-order chi connectivity index (χ1) is 7.88. The molecule has 0 amide bonds. The second-order valence-corrected chi connectivity index (χ2v) is 4.28. The topological polar surface area (TPSA) is 75.9 Å². The summed E-state index contributed by atoms with van der Waals surface area (Å²) in [6, 6.07) is 1.86. The van der Waals surface area contributed by atoms with Crippen molar-refractivity contribution in [2.45, 2.75) is 32.1 Å². The number of rotatable bonds is 5. The van der Waals surface area contributed by atoms with Gasteiger partial charge in [-0.3, -0.25) is 5.43 Å². The van der Waals surface area contributed by atoms with Crippen molar-refractivity contribution in [2.24, 2.45) is 11.8 Å². The Morgan fingerprint density at radius 3 is 2.94 bits per heavy atom. The van der Waals surface area contributed by atoms with Crippen LogP contribution in [-0.2, 0) is 0 Å². The molecule has 0 unspecified atom stereocenters. The highest BCUT2D eigenvalue weighted by molar-refractivity contribution is 5.38. The lowest BCUT2D eigenvalue weighted by Crippen LogP contribution is -2.12. The number of hydrogen-bond donors (Lipinski definition) is 3. The highest BCUT2D eigenvalue weighted by Gasteiger charge is 2.14. The van der Waals surface area contributed by atoms with Crippen LogP contribution in [0.1, 0.15) is 32.1 Å². The summed E-state index contributed by atoms with van der Waals surface area (Å²) in [6.45, 7) is 0.978. The second kappa shape index (κ2) is 5.65. The van der Waals surface area contributed by atoms with Gasteiger partial charge in [-0.15, -0.1) is 0 Å². The number of nitrogens with two attached hydrogens (primary N) is 1. The van der Waals surface area contributed by atoms with Gasteiger partial charge in [0.1, 0.15) is 5.82 Å². The van der Waals surface area contributed by atoms with E-state index in [0.717, 1.165) is 18.3 Å². The van der Waals surface area contributed by atoms with Crippen LogP contribution in [0.25, 0.3) is 0 Å². The van der Waals surface area contributed by atoms with Crippen molar-refractivity contribution < 1.29 is 0 Å². The molecule has 0 saturated heterocycles. The Labute approximate surface area is 95.8 Å². The standard InChI is InChI=1S/C11H19N5/c12-16-11-14-8-6-10(15-11)13-7-5-9-3-1-2-4-9/h6,8-9H,1-5,7,12H2,(H2,13,14,15,16). The van der Waals surface area contributed by atoms with E-state index < -0.39 is 0 Å². The van der Waals surface area contributed by atoms with Crippen LogP contribution in [0.2, 0.25) is 0 Å². The molecule has 1 aliphatic rings. The molecule has 2 rings (SSSR count). The summed E-state index contributed by atoms with van der Waals surface area (Å²) in [5.74, 6) is 7.43. The molecule has 0 aliphatic heterocycles. The van der Waals surface area contributed by atoms with Gasteiger partial charge in [0.05, 0.1) is 0 Å². The number of anilines is 2. The molecule has 1 aromatic heterocycles. The van der Waals surface area contributed by atoms with Crippen molar-refractivity contribution in [3.63, 3.8) is 0 Å². The molecule has 1 aliphatic carbocycles. The highest BCUT2D eigenvalue weighted by Crippen LogP contribution is 2.27. The van der Waals surface area contributed by atoms with E-state index in [4.69, 9.17) is 5.84 Å². The summed E-state index contributed by atoms with van der Waals surface area (Å²) < 4.78 is 0. The van der Waals surface area contributed by atoms with E-state index in [-0.39, 0.29) is 0 Å². The largest absolute Gasteiger partial charge is 0.370 e. The molecule has 16 heavy (non-hydrogen) atoms. The van der Waals surface area contributed by atoms with Crippen molar-refractivity contribution in [1.82, 2.24) is 9.97 Å². The number of nitrogens with one attached hydrogen (secondary N) is 2. The van der Waals surface area contributed by atoms with Crippen molar-refractivity contribution in [1.29, 1.82) is 0 Å². The van der Waals surface area contributed by atoms with Crippen LogP contribution in [0, 0.1) is 5.92 Å². The lowest BCUT2D eigenvalue weighted by Gasteiger charge is -2.10. The van der Waals surface area contributed by atoms with Gasteiger partial charge in [0, 0.05) is 12.7 Å². The first-order valence-electron chi connectivity index (χ1n) is 5.92. The maximum absolute atomic E-state index is 5.24. The van der Waals surface area contributed by atoms with Crippen LogP contribution in [0.4, 0.5) is 11.8 Å². The fourth-order valence-electron chi connectivity index (χ4n) is 2.23. The monoisotopic (exact) mass is 221 g/mol. The zero-order valence-electron chi connectivity index (χ0n) is 9.45. The summed E-state index contributed by atoms with van der Waals surface area (Å²) in [4.78, 5) is 8.15. The van der Waals surface area contributed by atoms with Crippen LogP contribution >= 0.6 is 0 Å². The lowest BCUT2D eigenvalue weighted by molar-refractivity contribution is 0.518. The van der Waals surface area contributed by atoms with E-state index in [1.807, 2.05) is 6.07 Å². The number of hydrazine groups is 1. The zero-order chi connectivity index (χ0) is 11.2. The van der Waals surface area contributed by atoms with Crippen molar-refractivity contribution >= 4 is 11.8 Å². The van der Waals surface area contributed by atoms with Crippen LogP contribution < -0.4 is 16.6 Å². The molecule has 0 atom stereocenters. The number of nitrogen functional groups attached to an aromatic ring is 1. The van der Waals surface area contributed by atoms with E-state index in [9.17, 15) is 0 Å². The average molecular weight is 221 g/mol. The molecule has 0 radical (unpaired) electrons. The third-order valence-corrected chi connectivity index (χ3v) is 3.12. The summed E-state index contributed by atoms with van der Waals surface area (Å²) in [7, 11) is 0. The van der Waals surface area contributed by atoms with E-state index in [1.165, 1.54) is 32.1 Å². The van der Waals surface area contributed by atoms with Crippen molar-refractivity contribution in [2.75, 3.05) is 17.3 Å². The predicted octanol–water partition coefficient (Wildman–Crippen LogP) is 1.75. The number of aromatic nitrogens is 2. The Hall–Kier alpha value is -1.36. The van der Waals surface area contributed by atoms with E-state index in [2.05, 4.69) is 20.7 Å². The van der Waals surface area contributed by atoms with Gasteiger partial charge in [0.25, 0.3) is 0 Å². The van der Waals surface area contributed by atoms with Crippen molar-refractivity contribution in [3.05, 3.63) is 12.3 Å². The van der Waals surface area contributed by atoms with Gasteiger partial charge in [-0.25, -0.2) is 10.8 Å². The Bertz CT molecular complexity index is 322. The highest BCUT2D eigenvalue weighted by atomic mass is 15.3. The van der Waals surface area contributed by atoms with Gasteiger partial charge in [-0.2, -0.15) is 4.98 Å². The molecule has 5 nitrogen and oxygen atoms in total. The van der Waals surface area contributed by atoms with E-state index >= 15 is 0 Å². The Morgan fingerprint density at radius 1 is 1.38 bits per heavy atom. The summed E-state index contributed by atoms with van der Waals surface area (Å²) in [5.41, 5.74) is 2.44. The Balaban J connectivity index is 1.75. The summed E-state index contributed by atoms with van der Waals surface area (Å²) >= 11 is 0. The minimum absolute atomic E-state index is 0.450.